The highest BCUT2D eigenvalue weighted by Crippen LogP contribution is 2.22. The van der Waals surface area contributed by atoms with E-state index in [9.17, 15) is 17.6 Å². The lowest BCUT2D eigenvalue weighted by Gasteiger charge is -2.09. The summed E-state index contributed by atoms with van der Waals surface area (Å²) in [5.74, 6) is 0. The van der Waals surface area contributed by atoms with Gasteiger partial charge >= 0.3 is 0 Å². The van der Waals surface area contributed by atoms with Crippen LogP contribution in [0.3, 0.4) is 0 Å². The van der Waals surface area contributed by atoms with Gasteiger partial charge < -0.3 is 0 Å². The fourth-order valence-corrected chi connectivity index (χ4v) is 0.982. The van der Waals surface area contributed by atoms with E-state index in [1.807, 2.05) is 0 Å². The first kappa shape index (κ1) is 10.1. The molecule has 0 aliphatic rings. The first-order valence-corrected chi connectivity index (χ1v) is 3.48. The Balaban J connectivity index is 3.18. The van der Waals surface area contributed by atoms with E-state index in [0.717, 1.165) is 18.2 Å². The minimum absolute atomic E-state index is 0.521. The zero-order valence-corrected chi connectivity index (χ0v) is 6.48. The smallest absolute Gasteiger partial charge is 0.205 e. The van der Waals surface area contributed by atoms with Gasteiger partial charge in [0.05, 0.1) is 0 Å². The first-order valence-electron chi connectivity index (χ1n) is 3.48. The molecule has 1 aromatic rings. The third-order valence-corrected chi connectivity index (χ3v) is 1.64. The molecule has 1 aromatic carbocycles. The standard InChI is InChI=1S/C8H5BF4/c9-6-4(7(10)11)2-1-3-5(6)8(12)13/h1-3,7-8H. The van der Waals surface area contributed by atoms with Crippen molar-refractivity contribution in [2.75, 3.05) is 0 Å². The van der Waals surface area contributed by atoms with Crippen LogP contribution in [0.4, 0.5) is 17.6 Å². The van der Waals surface area contributed by atoms with Crippen LogP contribution in [0.2, 0.25) is 0 Å². The number of halogens is 4. The molecule has 0 aliphatic carbocycles. The van der Waals surface area contributed by atoms with Crippen molar-refractivity contribution in [1.29, 1.82) is 0 Å². The van der Waals surface area contributed by atoms with Crippen molar-refractivity contribution < 1.29 is 17.6 Å². The molecule has 1 rings (SSSR count). The summed E-state index contributed by atoms with van der Waals surface area (Å²) in [5, 5.41) is 0. The summed E-state index contributed by atoms with van der Waals surface area (Å²) in [6.07, 6.45) is -5.64. The SMILES string of the molecule is [B]c1c(C(F)F)cccc1C(F)F. The van der Waals surface area contributed by atoms with Crippen LogP contribution in [0.25, 0.3) is 0 Å². The molecule has 0 saturated heterocycles. The maximum atomic E-state index is 12.1. The molecule has 0 heterocycles. The summed E-state index contributed by atoms with van der Waals surface area (Å²) in [7, 11) is 5.13. The lowest BCUT2D eigenvalue weighted by molar-refractivity contribution is 0.146. The van der Waals surface area contributed by atoms with Crippen LogP contribution in [0.15, 0.2) is 18.2 Å². The first-order chi connectivity index (χ1) is 6.04. The third kappa shape index (κ3) is 2.02. The summed E-state index contributed by atoms with van der Waals surface area (Å²) in [5.41, 5.74) is -1.61. The zero-order chi connectivity index (χ0) is 10.0. The molecule has 0 aliphatic heterocycles. The summed E-state index contributed by atoms with van der Waals surface area (Å²) >= 11 is 0. The summed E-state index contributed by atoms with van der Waals surface area (Å²) < 4.78 is 48.6. The maximum Gasteiger partial charge on any atom is 0.263 e. The number of hydrogen-bond donors (Lipinski definition) is 0. The molecule has 68 valence electrons. The number of alkyl halides is 4. The highest BCUT2D eigenvalue weighted by atomic mass is 19.3. The van der Waals surface area contributed by atoms with Gasteiger partial charge in [0.1, 0.15) is 7.85 Å². The molecule has 5 heteroatoms. The van der Waals surface area contributed by atoms with Crippen molar-refractivity contribution in [1.82, 2.24) is 0 Å². The molecule has 0 saturated carbocycles. The monoisotopic (exact) mass is 188 g/mol. The highest BCUT2D eigenvalue weighted by molar-refractivity contribution is 6.34. The molecular weight excluding hydrogens is 183 g/mol. The number of benzene rings is 1. The van der Waals surface area contributed by atoms with E-state index in [4.69, 9.17) is 7.85 Å². The van der Waals surface area contributed by atoms with E-state index in [-0.39, 0.29) is 0 Å². The topological polar surface area (TPSA) is 0 Å². The van der Waals surface area contributed by atoms with Crippen LogP contribution >= 0.6 is 0 Å². The van der Waals surface area contributed by atoms with Crippen molar-refractivity contribution >= 4 is 13.3 Å². The zero-order valence-electron chi connectivity index (χ0n) is 6.48. The second-order valence-electron chi connectivity index (χ2n) is 2.45. The second-order valence-corrected chi connectivity index (χ2v) is 2.45. The van der Waals surface area contributed by atoms with Gasteiger partial charge in [-0.05, 0) is 0 Å². The van der Waals surface area contributed by atoms with Gasteiger partial charge in [-0.3, -0.25) is 0 Å². The second kappa shape index (κ2) is 3.81. The number of hydrogen-bond acceptors (Lipinski definition) is 0. The average molecular weight is 188 g/mol. The Morgan fingerprint density at radius 3 is 1.62 bits per heavy atom. The van der Waals surface area contributed by atoms with Crippen LogP contribution in [0.5, 0.6) is 0 Å². The van der Waals surface area contributed by atoms with Gasteiger partial charge in [0.2, 0.25) is 0 Å². The summed E-state index contributed by atoms with van der Waals surface area (Å²) in [6.45, 7) is 0. The average Bonchev–Trinajstić information content (AvgIpc) is 2.03. The minimum atomic E-state index is -2.82. The van der Waals surface area contributed by atoms with Gasteiger partial charge in [-0.15, -0.1) is 0 Å². The van der Waals surface area contributed by atoms with Gasteiger partial charge in [-0.2, -0.15) is 0 Å². The molecule has 0 bridgehead atoms. The van der Waals surface area contributed by atoms with E-state index in [0.29, 0.717) is 0 Å². The molecule has 0 fully saturated rings. The predicted octanol–water partition coefficient (Wildman–Crippen LogP) is 2.36. The van der Waals surface area contributed by atoms with Crippen LogP contribution in [-0.2, 0) is 0 Å². The third-order valence-electron chi connectivity index (χ3n) is 1.64. The van der Waals surface area contributed by atoms with Crippen LogP contribution in [0.1, 0.15) is 24.0 Å². The molecule has 0 amide bonds. The lowest BCUT2D eigenvalue weighted by Crippen LogP contribution is -2.16. The Hall–Kier alpha value is -0.995. The van der Waals surface area contributed by atoms with E-state index in [2.05, 4.69) is 0 Å². The largest absolute Gasteiger partial charge is 0.263 e. The quantitative estimate of drug-likeness (QED) is 0.493. The van der Waals surface area contributed by atoms with Crippen molar-refractivity contribution in [3.63, 3.8) is 0 Å². The van der Waals surface area contributed by atoms with E-state index in [1.54, 1.807) is 0 Å². The molecule has 0 spiro atoms. The van der Waals surface area contributed by atoms with Gasteiger partial charge in [-0.25, -0.2) is 17.6 Å². The Labute approximate surface area is 74.0 Å². The maximum absolute atomic E-state index is 12.1. The van der Waals surface area contributed by atoms with Gasteiger partial charge in [0.25, 0.3) is 12.9 Å². The predicted molar refractivity (Wildman–Crippen MR) is 41.7 cm³/mol. The Morgan fingerprint density at radius 1 is 0.923 bits per heavy atom. The molecule has 0 nitrogen and oxygen atoms in total. The van der Waals surface area contributed by atoms with Crippen molar-refractivity contribution in [3.05, 3.63) is 29.3 Å². The molecule has 13 heavy (non-hydrogen) atoms. The molecule has 0 atom stereocenters. The van der Waals surface area contributed by atoms with Crippen LogP contribution in [0, 0.1) is 0 Å². The summed E-state index contributed by atoms with van der Waals surface area (Å²) in [4.78, 5) is 0. The van der Waals surface area contributed by atoms with E-state index in [1.165, 1.54) is 0 Å². The Bertz CT molecular complexity index is 272. The minimum Gasteiger partial charge on any atom is -0.205 e. The normalized spacial score (nSPS) is 11.2. The van der Waals surface area contributed by atoms with E-state index >= 15 is 0 Å². The molecule has 0 aromatic heterocycles. The molecule has 2 radical (unpaired) electrons. The van der Waals surface area contributed by atoms with Crippen molar-refractivity contribution in [3.8, 4) is 0 Å². The van der Waals surface area contributed by atoms with Crippen molar-refractivity contribution in [2.45, 2.75) is 12.9 Å². The summed E-state index contributed by atoms with van der Waals surface area (Å²) in [6, 6.07) is 3.21. The van der Waals surface area contributed by atoms with Crippen LogP contribution < -0.4 is 5.46 Å². The van der Waals surface area contributed by atoms with Gasteiger partial charge in [0.15, 0.2) is 0 Å². The lowest BCUT2D eigenvalue weighted by atomic mass is 9.86. The van der Waals surface area contributed by atoms with Gasteiger partial charge in [-0.1, -0.05) is 23.7 Å². The van der Waals surface area contributed by atoms with Gasteiger partial charge in [0, 0.05) is 11.1 Å². The molecule has 0 unspecified atom stereocenters. The Morgan fingerprint density at radius 2 is 1.31 bits per heavy atom. The molecule has 0 N–H and O–H groups in total. The Kier molecular flexibility index (Phi) is 2.96. The van der Waals surface area contributed by atoms with E-state index < -0.39 is 29.4 Å². The van der Waals surface area contributed by atoms with Crippen molar-refractivity contribution in [2.24, 2.45) is 0 Å². The molecular formula is C8H5BF4. The fraction of sp³-hybridized carbons (Fsp3) is 0.250. The van der Waals surface area contributed by atoms with Crippen LogP contribution in [-0.4, -0.2) is 7.85 Å². The fourth-order valence-electron chi connectivity index (χ4n) is 0.982. The number of rotatable bonds is 2. The highest BCUT2D eigenvalue weighted by Gasteiger charge is 2.16.